The Kier molecular flexibility index (Phi) is 9.16. The zero-order valence-corrected chi connectivity index (χ0v) is 19.2. The number of aliphatic hydroxyl groups excluding tert-OH is 1. The topological polar surface area (TPSA) is 60.1 Å². The molecule has 2 aromatic rings. The number of nitrogens with zero attached hydrogens (tertiary/aromatic N) is 3. The molecule has 0 bridgehead atoms. The Morgan fingerprint density at radius 2 is 1.72 bits per heavy atom. The highest BCUT2D eigenvalue weighted by molar-refractivity contribution is 7.11. The molecule has 0 atom stereocenters. The van der Waals surface area contributed by atoms with Crippen LogP contribution in [0.2, 0.25) is 5.02 Å². The highest BCUT2D eigenvalue weighted by atomic mass is 35.5. The zero-order chi connectivity index (χ0) is 21.4. The summed E-state index contributed by atoms with van der Waals surface area (Å²) in [6.45, 7) is 11.0. The first-order valence-electron chi connectivity index (χ1n) is 10.1. The fourth-order valence-electron chi connectivity index (χ4n) is 2.82. The van der Waals surface area contributed by atoms with Crippen molar-refractivity contribution in [3.63, 3.8) is 0 Å². The van der Waals surface area contributed by atoms with Gasteiger partial charge < -0.3 is 5.11 Å². The summed E-state index contributed by atoms with van der Waals surface area (Å²) in [4.78, 5) is 6.81. The molecule has 0 spiro atoms. The van der Waals surface area contributed by atoms with Gasteiger partial charge in [-0.2, -0.15) is 5.26 Å². The Hall–Kier alpha value is -1.87. The van der Waals surface area contributed by atoms with Crippen LogP contribution in [0.4, 0.5) is 0 Å². The number of thiazole rings is 1. The van der Waals surface area contributed by atoms with E-state index in [4.69, 9.17) is 11.6 Å². The molecule has 0 aliphatic heterocycles. The van der Waals surface area contributed by atoms with E-state index >= 15 is 0 Å². The van der Waals surface area contributed by atoms with E-state index in [9.17, 15) is 10.4 Å². The van der Waals surface area contributed by atoms with Crippen LogP contribution in [0, 0.1) is 23.2 Å². The van der Waals surface area contributed by atoms with Crippen LogP contribution in [0.1, 0.15) is 45.5 Å². The Morgan fingerprint density at radius 1 is 1.14 bits per heavy atom. The van der Waals surface area contributed by atoms with E-state index < -0.39 is 0 Å². The molecule has 0 radical (unpaired) electrons. The molecule has 29 heavy (non-hydrogen) atoms. The van der Waals surface area contributed by atoms with Crippen LogP contribution in [0.3, 0.4) is 0 Å². The number of hydrogen-bond donors (Lipinski definition) is 1. The van der Waals surface area contributed by atoms with E-state index in [1.54, 1.807) is 0 Å². The van der Waals surface area contributed by atoms with Crippen molar-refractivity contribution in [2.24, 2.45) is 11.8 Å². The number of nitriles is 1. The van der Waals surface area contributed by atoms with Gasteiger partial charge in [0.1, 0.15) is 22.4 Å². The van der Waals surface area contributed by atoms with Crippen molar-refractivity contribution in [2.75, 3.05) is 19.6 Å². The van der Waals surface area contributed by atoms with E-state index in [1.807, 2.05) is 29.6 Å². The third kappa shape index (κ3) is 7.47. The average molecular weight is 432 g/mol. The summed E-state index contributed by atoms with van der Waals surface area (Å²) in [6, 6.07) is 9.59. The van der Waals surface area contributed by atoms with Gasteiger partial charge in [-0.1, -0.05) is 51.4 Å². The third-order valence-corrected chi connectivity index (χ3v) is 5.79. The largest absolute Gasteiger partial charge is 0.509 e. The maximum atomic E-state index is 10.7. The number of rotatable bonds is 10. The maximum absolute atomic E-state index is 10.7. The highest BCUT2D eigenvalue weighted by Gasteiger charge is 2.17. The third-order valence-electron chi connectivity index (χ3n) is 4.68. The minimum atomic E-state index is 0.0945. The molecule has 1 aromatic heterocycles. The lowest BCUT2D eigenvalue weighted by Gasteiger charge is -2.24. The molecular formula is C23H30ClN3OS. The molecule has 0 saturated carbocycles. The van der Waals surface area contributed by atoms with Gasteiger partial charge in [0.25, 0.3) is 0 Å². The van der Waals surface area contributed by atoms with Gasteiger partial charge >= 0.3 is 0 Å². The summed E-state index contributed by atoms with van der Waals surface area (Å²) in [5.41, 5.74) is 1.97. The Balaban J connectivity index is 2.20. The fourth-order valence-corrected chi connectivity index (χ4v) is 3.79. The van der Waals surface area contributed by atoms with Crippen molar-refractivity contribution in [1.29, 1.82) is 5.26 Å². The Labute approximate surface area is 183 Å². The standard InChI is InChI=1S/C23H30ClN3OS/c1-16(2)9-11-27(12-10-17(3)4)14-22(28)20(13-25)23-26-21(15-29-23)18-5-7-19(24)8-6-18/h5-8,15-17,28H,9-12,14H2,1-4H3. The van der Waals surface area contributed by atoms with Crippen molar-refractivity contribution >= 4 is 28.5 Å². The smallest absolute Gasteiger partial charge is 0.138 e. The zero-order valence-electron chi connectivity index (χ0n) is 17.7. The summed E-state index contributed by atoms with van der Waals surface area (Å²) < 4.78 is 0. The molecule has 2 rings (SSSR count). The minimum absolute atomic E-state index is 0.0945. The predicted molar refractivity (Wildman–Crippen MR) is 123 cm³/mol. The molecule has 1 heterocycles. The van der Waals surface area contributed by atoms with Crippen molar-refractivity contribution in [1.82, 2.24) is 9.88 Å². The first kappa shape index (κ1) is 23.4. The first-order chi connectivity index (χ1) is 13.8. The van der Waals surface area contributed by atoms with E-state index in [-0.39, 0.29) is 11.3 Å². The first-order valence-corrected chi connectivity index (χ1v) is 11.3. The summed E-state index contributed by atoms with van der Waals surface area (Å²) in [7, 11) is 0. The average Bonchev–Trinajstić information content (AvgIpc) is 3.14. The van der Waals surface area contributed by atoms with Crippen molar-refractivity contribution in [3.05, 3.63) is 45.4 Å². The number of aromatic nitrogens is 1. The second-order valence-corrected chi connectivity index (χ2v) is 9.41. The highest BCUT2D eigenvalue weighted by Crippen LogP contribution is 2.28. The van der Waals surface area contributed by atoms with Gasteiger partial charge in [-0.05, 0) is 49.9 Å². The normalized spacial score (nSPS) is 12.5. The summed E-state index contributed by atoms with van der Waals surface area (Å²) in [5.74, 6) is 1.29. The molecule has 1 aromatic carbocycles. The van der Waals surface area contributed by atoms with E-state index in [2.05, 4.69) is 43.6 Å². The maximum Gasteiger partial charge on any atom is 0.138 e. The quantitative estimate of drug-likeness (QED) is 0.338. The number of allylic oxidation sites excluding steroid dienone is 1. The van der Waals surface area contributed by atoms with Gasteiger partial charge in [0, 0.05) is 16.0 Å². The van der Waals surface area contributed by atoms with Gasteiger partial charge in [-0.3, -0.25) is 4.90 Å². The van der Waals surface area contributed by atoms with Gasteiger partial charge in [0.05, 0.1) is 12.2 Å². The summed E-state index contributed by atoms with van der Waals surface area (Å²) in [5, 5.41) is 23.5. The Morgan fingerprint density at radius 3 is 2.24 bits per heavy atom. The molecule has 0 amide bonds. The van der Waals surface area contributed by atoms with Crippen LogP contribution in [-0.2, 0) is 0 Å². The molecule has 156 valence electrons. The molecule has 1 N–H and O–H groups in total. The van der Waals surface area contributed by atoms with E-state index in [0.717, 1.165) is 37.2 Å². The van der Waals surface area contributed by atoms with Gasteiger partial charge in [-0.25, -0.2) is 4.98 Å². The number of hydrogen-bond acceptors (Lipinski definition) is 5. The lowest BCUT2D eigenvalue weighted by Crippen LogP contribution is -2.30. The summed E-state index contributed by atoms with van der Waals surface area (Å²) in [6.07, 6.45) is 2.12. The van der Waals surface area contributed by atoms with Gasteiger partial charge in [0.2, 0.25) is 0 Å². The predicted octanol–water partition coefficient (Wildman–Crippen LogP) is 6.65. The van der Waals surface area contributed by atoms with E-state index in [1.165, 1.54) is 11.3 Å². The fraction of sp³-hybridized carbons (Fsp3) is 0.478. The molecule has 0 aliphatic rings. The van der Waals surface area contributed by atoms with Crippen LogP contribution in [-0.4, -0.2) is 34.6 Å². The van der Waals surface area contributed by atoms with Crippen molar-refractivity contribution in [3.8, 4) is 17.3 Å². The van der Waals surface area contributed by atoms with Crippen LogP contribution < -0.4 is 0 Å². The number of benzene rings is 1. The molecule has 0 unspecified atom stereocenters. The monoisotopic (exact) mass is 431 g/mol. The van der Waals surface area contributed by atoms with E-state index in [0.29, 0.717) is 28.4 Å². The van der Waals surface area contributed by atoms with Crippen molar-refractivity contribution in [2.45, 2.75) is 40.5 Å². The van der Waals surface area contributed by atoms with Crippen LogP contribution in [0.25, 0.3) is 16.8 Å². The van der Waals surface area contributed by atoms with Crippen molar-refractivity contribution < 1.29 is 5.11 Å². The molecular weight excluding hydrogens is 402 g/mol. The number of halogens is 1. The van der Waals surface area contributed by atoms with Crippen LogP contribution in [0.5, 0.6) is 0 Å². The molecule has 6 heteroatoms. The molecule has 4 nitrogen and oxygen atoms in total. The minimum Gasteiger partial charge on any atom is -0.509 e. The van der Waals surface area contributed by atoms with Crippen LogP contribution >= 0.6 is 22.9 Å². The molecule has 0 fully saturated rings. The van der Waals surface area contributed by atoms with Crippen LogP contribution in [0.15, 0.2) is 35.4 Å². The second kappa shape index (κ2) is 11.3. The second-order valence-electron chi connectivity index (χ2n) is 8.12. The lowest BCUT2D eigenvalue weighted by atomic mass is 10.1. The Bertz CT molecular complexity index is 838. The van der Waals surface area contributed by atoms with Gasteiger partial charge in [-0.15, -0.1) is 11.3 Å². The SMILES string of the molecule is CC(C)CCN(CCC(C)C)CC(O)=C(C#N)c1nc(-c2ccc(Cl)cc2)cs1. The molecule has 0 aliphatic carbocycles. The molecule has 0 saturated heterocycles. The summed E-state index contributed by atoms with van der Waals surface area (Å²) >= 11 is 7.32. The van der Waals surface area contributed by atoms with Gasteiger partial charge in [0.15, 0.2) is 0 Å². The lowest BCUT2D eigenvalue weighted by molar-refractivity contribution is 0.228. The number of aliphatic hydroxyl groups is 1.